The predicted octanol–water partition coefficient (Wildman–Crippen LogP) is 2.94. The van der Waals surface area contributed by atoms with Crippen molar-refractivity contribution in [3.05, 3.63) is 52.0 Å². The first-order chi connectivity index (χ1) is 12.0. The van der Waals surface area contributed by atoms with Crippen LogP contribution >= 0.6 is 11.3 Å². The van der Waals surface area contributed by atoms with E-state index in [2.05, 4.69) is 20.8 Å². The van der Waals surface area contributed by atoms with Crippen LogP contribution < -0.4 is 5.32 Å². The molecule has 0 spiro atoms. The summed E-state index contributed by atoms with van der Waals surface area (Å²) in [6.45, 7) is 3.87. The number of carbonyl (C=O) groups is 2. The molecule has 3 rings (SSSR count). The fraction of sp³-hybridized carbons (Fsp3) is 0.235. The number of thiophene rings is 1. The molecular formula is C17H17N5O2S. The number of amides is 1. The maximum absolute atomic E-state index is 12.1. The third-order valence-electron chi connectivity index (χ3n) is 3.67. The molecule has 0 radical (unpaired) electrons. The summed E-state index contributed by atoms with van der Waals surface area (Å²) in [4.78, 5) is 25.9. The van der Waals surface area contributed by atoms with Crippen LogP contribution in [-0.4, -0.2) is 31.9 Å². The minimum absolute atomic E-state index is 0.00143. The van der Waals surface area contributed by atoms with Crippen LogP contribution in [0, 0.1) is 13.8 Å². The Morgan fingerprint density at radius 3 is 2.64 bits per heavy atom. The Morgan fingerprint density at radius 2 is 2.00 bits per heavy atom. The summed E-state index contributed by atoms with van der Waals surface area (Å²) in [7, 11) is 0. The van der Waals surface area contributed by atoms with Crippen LogP contribution in [0.25, 0.3) is 5.69 Å². The van der Waals surface area contributed by atoms with E-state index in [4.69, 9.17) is 0 Å². The van der Waals surface area contributed by atoms with Gasteiger partial charge in [-0.3, -0.25) is 9.59 Å². The summed E-state index contributed by atoms with van der Waals surface area (Å²) in [5.74, 6) is -0.185. The fourth-order valence-corrected chi connectivity index (χ4v) is 3.26. The quantitative estimate of drug-likeness (QED) is 0.687. The number of anilines is 1. The number of tetrazole rings is 1. The summed E-state index contributed by atoms with van der Waals surface area (Å²) >= 11 is 1.45. The van der Waals surface area contributed by atoms with E-state index in [1.807, 2.05) is 32.0 Å². The SMILES string of the molecule is Cc1ccc(C(=O)CCC(=O)Nc2ccc(-n3cnnn3)c(C)c2)s1. The molecule has 0 unspecified atom stereocenters. The number of aryl methyl sites for hydroxylation is 2. The van der Waals surface area contributed by atoms with Crippen LogP contribution in [0.4, 0.5) is 5.69 Å². The van der Waals surface area contributed by atoms with E-state index in [1.165, 1.54) is 17.7 Å². The van der Waals surface area contributed by atoms with Gasteiger partial charge in [-0.25, -0.2) is 4.68 Å². The average molecular weight is 355 g/mol. The number of benzene rings is 1. The Balaban J connectivity index is 1.58. The molecule has 0 saturated carbocycles. The molecule has 1 N–H and O–H groups in total. The van der Waals surface area contributed by atoms with E-state index in [0.717, 1.165) is 16.1 Å². The first-order valence-electron chi connectivity index (χ1n) is 7.76. The zero-order valence-electron chi connectivity index (χ0n) is 13.9. The lowest BCUT2D eigenvalue weighted by Gasteiger charge is -2.09. The van der Waals surface area contributed by atoms with E-state index in [-0.39, 0.29) is 24.5 Å². The highest BCUT2D eigenvalue weighted by molar-refractivity contribution is 7.14. The van der Waals surface area contributed by atoms with Gasteiger partial charge in [-0.15, -0.1) is 16.4 Å². The lowest BCUT2D eigenvalue weighted by molar-refractivity contribution is -0.116. The summed E-state index contributed by atoms with van der Waals surface area (Å²) in [6.07, 6.45) is 1.87. The van der Waals surface area contributed by atoms with Crippen LogP contribution in [-0.2, 0) is 4.79 Å². The van der Waals surface area contributed by atoms with Gasteiger partial charge in [0.05, 0.1) is 10.6 Å². The van der Waals surface area contributed by atoms with Crippen molar-refractivity contribution in [3.63, 3.8) is 0 Å². The lowest BCUT2D eigenvalue weighted by atomic mass is 10.1. The van der Waals surface area contributed by atoms with Gasteiger partial charge >= 0.3 is 0 Å². The monoisotopic (exact) mass is 355 g/mol. The molecule has 0 atom stereocenters. The van der Waals surface area contributed by atoms with Gasteiger partial charge in [-0.1, -0.05) is 0 Å². The van der Waals surface area contributed by atoms with Gasteiger partial charge in [-0.05, 0) is 60.2 Å². The number of Topliss-reactive ketones (excluding diaryl/α,β-unsaturated/α-hetero) is 1. The molecule has 8 heteroatoms. The van der Waals surface area contributed by atoms with Gasteiger partial charge in [0.15, 0.2) is 5.78 Å². The van der Waals surface area contributed by atoms with E-state index in [9.17, 15) is 9.59 Å². The van der Waals surface area contributed by atoms with Gasteiger partial charge < -0.3 is 5.32 Å². The van der Waals surface area contributed by atoms with Crippen molar-refractivity contribution in [1.29, 1.82) is 0 Å². The number of carbonyl (C=O) groups excluding carboxylic acids is 2. The van der Waals surface area contributed by atoms with Crippen molar-refractivity contribution in [3.8, 4) is 5.69 Å². The minimum atomic E-state index is -0.184. The molecule has 1 amide bonds. The molecule has 0 fully saturated rings. The van der Waals surface area contributed by atoms with E-state index >= 15 is 0 Å². The highest BCUT2D eigenvalue weighted by Gasteiger charge is 2.12. The van der Waals surface area contributed by atoms with Crippen molar-refractivity contribution in [2.24, 2.45) is 0 Å². The highest BCUT2D eigenvalue weighted by Crippen LogP contribution is 2.19. The molecule has 2 heterocycles. The normalized spacial score (nSPS) is 10.6. The topological polar surface area (TPSA) is 89.8 Å². The van der Waals surface area contributed by atoms with Crippen LogP contribution in [0.1, 0.15) is 33.0 Å². The molecule has 25 heavy (non-hydrogen) atoms. The Bertz CT molecular complexity index is 902. The van der Waals surface area contributed by atoms with Crippen molar-refractivity contribution in [2.75, 3.05) is 5.32 Å². The number of nitrogens with one attached hydrogen (secondary N) is 1. The number of nitrogens with zero attached hydrogens (tertiary/aromatic N) is 4. The zero-order valence-corrected chi connectivity index (χ0v) is 14.7. The van der Waals surface area contributed by atoms with Crippen LogP contribution in [0.2, 0.25) is 0 Å². The second kappa shape index (κ2) is 7.35. The molecule has 1 aromatic carbocycles. The van der Waals surface area contributed by atoms with E-state index in [0.29, 0.717) is 10.6 Å². The van der Waals surface area contributed by atoms with Gasteiger partial charge in [0, 0.05) is 23.4 Å². The van der Waals surface area contributed by atoms with Crippen molar-refractivity contribution in [1.82, 2.24) is 20.2 Å². The largest absolute Gasteiger partial charge is 0.326 e. The second-order valence-corrected chi connectivity index (χ2v) is 6.93. The Hall–Kier alpha value is -2.87. The molecule has 0 aliphatic heterocycles. The molecule has 128 valence electrons. The molecule has 0 saturated heterocycles. The zero-order chi connectivity index (χ0) is 17.8. The molecule has 0 aliphatic carbocycles. The number of hydrogen-bond donors (Lipinski definition) is 1. The first kappa shape index (κ1) is 17.0. The van der Waals surface area contributed by atoms with E-state index in [1.54, 1.807) is 16.8 Å². The van der Waals surface area contributed by atoms with Crippen molar-refractivity contribution in [2.45, 2.75) is 26.7 Å². The molecule has 0 bridgehead atoms. The summed E-state index contributed by atoms with van der Waals surface area (Å²) in [6, 6.07) is 9.18. The van der Waals surface area contributed by atoms with Crippen LogP contribution in [0.5, 0.6) is 0 Å². The molecule has 0 aliphatic rings. The molecule has 7 nitrogen and oxygen atoms in total. The Labute approximate surface area is 148 Å². The number of rotatable bonds is 6. The predicted molar refractivity (Wildman–Crippen MR) is 95.1 cm³/mol. The molecular weight excluding hydrogens is 338 g/mol. The van der Waals surface area contributed by atoms with Gasteiger partial charge in [0.25, 0.3) is 0 Å². The Morgan fingerprint density at radius 1 is 1.16 bits per heavy atom. The third kappa shape index (κ3) is 4.16. The van der Waals surface area contributed by atoms with Crippen LogP contribution in [0.3, 0.4) is 0 Å². The number of ketones is 1. The molecule has 2 aromatic heterocycles. The number of hydrogen-bond acceptors (Lipinski definition) is 6. The van der Waals surface area contributed by atoms with Crippen molar-refractivity contribution < 1.29 is 9.59 Å². The van der Waals surface area contributed by atoms with Gasteiger partial charge in [0.1, 0.15) is 6.33 Å². The summed E-state index contributed by atoms with van der Waals surface area (Å²) in [5.41, 5.74) is 2.44. The number of aromatic nitrogens is 4. The maximum Gasteiger partial charge on any atom is 0.224 e. The third-order valence-corrected chi connectivity index (χ3v) is 4.71. The minimum Gasteiger partial charge on any atom is -0.326 e. The second-order valence-electron chi connectivity index (χ2n) is 5.64. The fourth-order valence-electron chi connectivity index (χ4n) is 2.42. The smallest absolute Gasteiger partial charge is 0.224 e. The highest BCUT2D eigenvalue weighted by atomic mass is 32.1. The average Bonchev–Trinajstić information content (AvgIpc) is 3.24. The van der Waals surface area contributed by atoms with Gasteiger partial charge in [-0.2, -0.15) is 0 Å². The summed E-state index contributed by atoms with van der Waals surface area (Å²) < 4.78 is 1.56. The standard InChI is InChI=1S/C17H17N5O2S/c1-11-9-13(4-5-14(11)22-10-18-20-21-22)19-17(24)8-6-15(23)16-7-3-12(2)25-16/h3-5,7,9-10H,6,8H2,1-2H3,(H,19,24). The Kier molecular flexibility index (Phi) is 4.99. The first-order valence-corrected chi connectivity index (χ1v) is 8.58. The summed E-state index contributed by atoms with van der Waals surface area (Å²) in [5, 5.41) is 13.9. The molecule has 3 aromatic rings. The maximum atomic E-state index is 12.1. The van der Waals surface area contributed by atoms with Gasteiger partial charge in [0.2, 0.25) is 5.91 Å². The van der Waals surface area contributed by atoms with Crippen LogP contribution in [0.15, 0.2) is 36.7 Å². The van der Waals surface area contributed by atoms with E-state index < -0.39 is 0 Å². The van der Waals surface area contributed by atoms with Crippen molar-refractivity contribution >= 4 is 28.7 Å². The lowest BCUT2D eigenvalue weighted by Crippen LogP contribution is -2.13.